The fourth-order valence-electron chi connectivity index (χ4n) is 2.54. The summed E-state index contributed by atoms with van der Waals surface area (Å²) in [5, 5.41) is 10.3. The topological polar surface area (TPSA) is 20.2 Å². The molecule has 0 radical (unpaired) electrons. The lowest BCUT2D eigenvalue weighted by Crippen LogP contribution is -2.03. The largest absolute Gasteiger partial charge is 0.388 e. The van der Waals surface area contributed by atoms with Gasteiger partial charge in [-0.25, -0.2) is 0 Å². The Hall–Kier alpha value is -1.60. The van der Waals surface area contributed by atoms with Crippen molar-refractivity contribution in [2.75, 3.05) is 0 Å². The van der Waals surface area contributed by atoms with Crippen molar-refractivity contribution in [2.45, 2.75) is 39.7 Å². The normalized spacial score (nSPS) is 12.4. The van der Waals surface area contributed by atoms with Crippen LogP contribution in [-0.4, -0.2) is 5.11 Å². The molecule has 1 atom stereocenters. The Kier molecular flexibility index (Phi) is 4.39. The summed E-state index contributed by atoms with van der Waals surface area (Å²) >= 11 is 0. The summed E-state index contributed by atoms with van der Waals surface area (Å²) in [6, 6.07) is 14.6. The third kappa shape index (κ3) is 3.45. The van der Waals surface area contributed by atoms with E-state index in [0.29, 0.717) is 0 Å². The molecule has 0 spiro atoms. The van der Waals surface area contributed by atoms with Crippen LogP contribution in [0.15, 0.2) is 42.5 Å². The minimum absolute atomic E-state index is 0.375. The molecule has 0 heterocycles. The predicted octanol–water partition coefficient (Wildman–Crippen LogP) is 4.28. The summed E-state index contributed by atoms with van der Waals surface area (Å²) in [4.78, 5) is 0. The SMILES string of the molecule is Cc1ccc(C(O)CCc2ccccc2C)c(C)c1. The molecular weight excluding hydrogens is 232 g/mol. The van der Waals surface area contributed by atoms with Crippen molar-refractivity contribution in [3.8, 4) is 0 Å². The van der Waals surface area contributed by atoms with Crippen LogP contribution in [0.1, 0.15) is 40.3 Å². The highest BCUT2D eigenvalue weighted by Crippen LogP contribution is 2.23. The molecule has 2 aromatic rings. The second-order valence-electron chi connectivity index (χ2n) is 5.34. The van der Waals surface area contributed by atoms with Gasteiger partial charge in [-0.15, -0.1) is 0 Å². The Morgan fingerprint density at radius 1 is 0.947 bits per heavy atom. The van der Waals surface area contributed by atoms with Gasteiger partial charge >= 0.3 is 0 Å². The van der Waals surface area contributed by atoms with Gasteiger partial charge in [-0.1, -0.05) is 48.0 Å². The Bertz CT molecular complexity index is 557. The average Bonchev–Trinajstić information content (AvgIpc) is 2.37. The van der Waals surface area contributed by atoms with Gasteiger partial charge in [-0.05, 0) is 55.9 Å². The molecular formula is C18H22O. The highest BCUT2D eigenvalue weighted by atomic mass is 16.3. The lowest BCUT2D eigenvalue weighted by molar-refractivity contribution is 0.167. The van der Waals surface area contributed by atoms with E-state index in [1.165, 1.54) is 22.3 Å². The van der Waals surface area contributed by atoms with Gasteiger partial charge in [-0.3, -0.25) is 0 Å². The van der Waals surface area contributed by atoms with Crippen LogP contribution in [0, 0.1) is 20.8 Å². The smallest absolute Gasteiger partial charge is 0.0795 e. The van der Waals surface area contributed by atoms with E-state index in [1.807, 2.05) is 6.07 Å². The fraction of sp³-hybridized carbons (Fsp3) is 0.333. The highest BCUT2D eigenvalue weighted by Gasteiger charge is 2.11. The first-order chi connectivity index (χ1) is 9.08. The second kappa shape index (κ2) is 6.03. The molecule has 0 amide bonds. The van der Waals surface area contributed by atoms with E-state index >= 15 is 0 Å². The first-order valence-corrected chi connectivity index (χ1v) is 6.87. The van der Waals surface area contributed by atoms with Gasteiger partial charge in [0, 0.05) is 0 Å². The van der Waals surface area contributed by atoms with E-state index in [-0.39, 0.29) is 6.10 Å². The molecule has 100 valence electrons. The van der Waals surface area contributed by atoms with E-state index < -0.39 is 0 Å². The molecule has 0 aromatic heterocycles. The average molecular weight is 254 g/mol. The third-order valence-electron chi connectivity index (χ3n) is 3.73. The predicted molar refractivity (Wildman–Crippen MR) is 80.4 cm³/mol. The first kappa shape index (κ1) is 13.8. The van der Waals surface area contributed by atoms with Gasteiger partial charge in [0.25, 0.3) is 0 Å². The lowest BCUT2D eigenvalue weighted by atomic mass is 9.95. The minimum atomic E-state index is -0.375. The maximum atomic E-state index is 10.3. The monoisotopic (exact) mass is 254 g/mol. The van der Waals surface area contributed by atoms with Gasteiger partial charge in [-0.2, -0.15) is 0 Å². The van der Waals surface area contributed by atoms with Crippen molar-refractivity contribution in [2.24, 2.45) is 0 Å². The van der Waals surface area contributed by atoms with Crippen LogP contribution in [0.25, 0.3) is 0 Å². The molecule has 2 aromatic carbocycles. The molecule has 0 aliphatic heterocycles. The number of hydrogen-bond acceptors (Lipinski definition) is 1. The highest BCUT2D eigenvalue weighted by molar-refractivity contribution is 5.32. The van der Waals surface area contributed by atoms with Gasteiger partial charge in [0.05, 0.1) is 6.10 Å². The third-order valence-corrected chi connectivity index (χ3v) is 3.73. The Morgan fingerprint density at radius 2 is 1.68 bits per heavy atom. The van der Waals surface area contributed by atoms with E-state index in [0.717, 1.165) is 18.4 Å². The number of aliphatic hydroxyl groups is 1. The van der Waals surface area contributed by atoms with Crippen molar-refractivity contribution in [1.82, 2.24) is 0 Å². The molecule has 0 saturated heterocycles. The van der Waals surface area contributed by atoms with E-state index in [1.54, 1.807) is 0 Å². The molecule has 2 rings (SSSR count). The maximum absolute atomic E-state index is 10.3. The Balaban J connectivity index is 2.05. The van der Waals surface area contributed by atoms with Crippen LogP contribution in [0.3, 0.4) is 0 Å². The van der Waals surface area contributed by atoms with Crippen LogP contribution >= 0.6 is 0 Å². The van der Waals surface area contributed by atoms with Crippen molar-refractivity contribution in [3.05, 3.63) is 70.3 Å². The summed E-state index contributed by atoms with van der Waals surface area (Å²) in [7, 11) is 0. The summed E-state index contributed by atoms with van der Waals surface area (Å²) in [6.07, 6.45) is 1.32. The van der Waals surface area contributed by atoms with Crippen molar-refractivity contribution in [3.63, 3.8) is 0 Å². The molecule has 0 saturated carbocycles. The fourth-order valence-corrected chi connectivity index (χ4v) is 2.54. The molecule has 0 aliphatic carbocycles. The summed E-state index contributed by atoms with van der Waals surface area (Å²) < 4.78 is 0. The van der Waals surface area contributed by atoms with Gasteiger partial charge in [0.1, 0.15) is 0 Å². The number of aliphatic hydroxyl groups excluding tert-OH is 1. The van der Waals surface area contributed by atoms with Crippen LogP contribution in [0.5, 0.6) is 0 Å². The lowest BCUT2D eigenvalue weighted by Gasteiger charge is -2.15. The Labute approximate surface area is 115 Å². The molecule has 1 nitrogen and oxygen atoms in total. The molecule has 19 heavy (non-hydrogen) atoms. The van der Waals surface area contributed by atoms with Gasteiger partial charge in [0.15, 0.2) is 0 Å². The van der Waals surface area contributed by atoms with E-state index in [9.17, 15) is 5.11 Å². The van der Waals surface area contributed by atoms with Gasteiger partial charge < -0.3 is 5.11 Å². The quantitative estimate of drug-likeness (QED) is 0.863. The van der Waals surface area contributed by atoms with Crippen LogP contribution in [0.4, 0.5) is 0 Å². The van der Waals surface area contributed by atoms with Crippen LogP contribution in [0.2, 0.25) is 0 Å². The van der Waals surface area contributed by atoms with Crippen LogP contribution < -0.4 is 0 Å². The zero-order valence-electron chi connectivity index (χ0n) is 12.0. The molecule has 1 unspecified atom stereocenters. The number of hydrogen-bond donors (Lipinski definition) is 1. The first-order valence-electron chi connectivity index (χ1n) is 6.87. The molecule has 0 aliphatic rings. The van der Waals surface area contributed by atoms with Crippen molar-refractivity contribution < 1.29 is 5.11 Å². The molecule has 0 bridgehead atoms. The summed E-state index contributed by atoms with van der Waals surface area (Å²) in [5.41, 5.74) is 6.10. The van der Waals surface area contributed by atoms with Crippen molar-refractivity contribution >= 4 is 0 Å². The van der Waals surface area contributed by atoms with Crippen LogP contribution in [-0.2, 0) is 6.42 Å². The number of aryl methyl sites for hydroxylation is 4. The van der Waals surface area contributed by atoms with Crippen molar-refractivity contribution in [1.29, 1.82) is 0 Å². The maximum Gasteiger partial charge on any atom is 0.0795 e. The van der Waals surface area contributed by atoms with E-state index in [2.05, 4.69) is 57.2 Å². The standard InChI is InChI=1S/C18H22O/c1-13-8-10-17(15(3)12-13)18(19)11-9-16-7-5-4-6-14(16)2/h4-8,10,12,18-19H,9,11H2,1-3H3. The Morgan fingerprint density at radius 3 is 2.37 bits per heavy atom. The zero-order chi connectivity index (χ0) is 13.8. The molecule has 1 N–H and O–H groups in total. The molecule has 0 fully saturated rings. The summed E-state index contributed by atoms with van der Waals surface area (Å²) in [5.74, 6) is 0. The number of rotatable bonds is 4. The number of benzene rings is 2. The zero-order valence-corrected chi connectivity index (χ0v) is 12.0. The van der Waals surface area contributed by atoms with E-state index in [4.69, 9.17) is 0 Å². The summed E-state index contributed by atoms with van der Waals surface area (Å²) in [6.45, 7) is 6.27. The minimum Gasteiger partial charge on any atom is -0.388 e. The second-order valence-corrected chi connectivity index (χ2v) is 5.34. The molecule has 1 heteroatoms. The van der Waals surface area contributed by atoms with Gasteiger partial charge in [0.2, 0.25) is 0 Å².